The Bertz CT molecular complexity index is 1230. The summed E-state index contributed by atoms with van der Waals surface area (Å²) >= 11 is 0. The van der Waals surface area contributed by atoms with Crippen molar-refractivity contribution in [1.82, 2.24) is 9.80 Å². The zero-order valence-electron chi connectivity index (χ0n) is 22.7. The van der Waals surface area contributed by atoms with Crippen molar-refractivity contribution in [1.29, 1.82) is 5.26 Å². The summed E-state index contributed by atoms with van der Waals surface area (Å²) < 4.78 is 11.4. The van der Waals surface area contributed by atoms with Crippen molar-refractivity contribution < 1.29 is 14.3 Å². The first-order valence-corrected chi connectivity index (χ1v) is 12.9. The number of nitriles is 1. The Balaban J connectivity index is 1.74. The molecule has 198 valence electrons. The van der Waals surface area contributed by atoms with Crippen molar-refractivity contribution in [2.45, 2.75) is 26.8 Å². The number of ether oxygens (including phenoxy) is 2. The predicted molar refractivity (Wildman–Crippen MR) is 151 cm³/mol. The molecule has 0 aromatic heterocycles. The van der Waals surface area contributed by atoms with E-state index in [-0.39, 0.29) is 5.78 Å². The Morgan fingerprint density at radius 1 is 1.03 bits per heavy atom. The van der Waals surface area contributed by atoms with Crippen LogP contribution in [0, 0.1) is 11.3 Å². The SMILES string of the molecule is C=C(C)/C=C/C=C/C(=C(/OCCc1ccc(OC)cc1)C(C)=O)N1CCN(Cc2ccccc2C#N)CC1. The van der Waals surface area contributed by atoms with E-state index in [4.69, 9.17) is 9.47 Å². The maximum atomic E-state index is 12.7. The second-order valence-electron chi connectivity index (χ2n) is 9.31. The second kappa shape index (κ2) is 14.6. The lowest BCUT2D eigenvalue weighted by molar-refractivity contribution is -0.117. The van der Waals surface area contributed by atoms with Crippen molar-refractivity contribution in [3.8, 4) is 11.8 Å². The van der Waals surface area contributed by atoms with Crippen LogP contribution in [0.5, 0.6) is 5.75 Å². The number of piperazine rings is 1. The zero-order valence-corrected chi connectivity index (χ0v) is 22.7. The number of allylic oxidation sites excluding steroid dienone is 6. The molecule has 0 atom stereocenters. The van der Waals surface area contributed by atoms with Gasteiger partial charge in [0.1, 0.15) is 5.75 Å². The molecule has 0 aliphatic carbocycles. The van der Waals surface area contributed by atoms with Gasteiger partial charge in [-0.05, 0) is 42.3 Å². The molecule has 2 aromatic carbocycles. The van der Waals surface area contributed by atoms with Gasteiger partial charge in [0, 0.05) is 46.1 Å². The topological polar surface area (TPSA) is 65.8 Å². The van der Waals surface area contributed by atoms with Crippen LogP contribution < -0.4 is 4.74 Å². The third kappa shape index (κ3) is 8.50. The number of hydrogen-bond acceptors (Lipinski definition) is 6. The first-order valence-electron chi connectivity index (χ1n) is 12.9. The van der Waals surface area contributed by atoms with Crippen LogP contribution in [0.1, 0.15) is 30.5 Å². The van der Waals surface area contributed by atoms with Gasteiger partial charge in [0.15, 0.2) is 11.5 Å². The number of rotatable bonds is 12. The molecule has 0 bridgehead atoms. The van der Waals surface area contributed by atoms with Crippen molar-refractivity contribution in [3.05, 3.63) is 113 Å². The van der Waals surface area contributed by atoms with Gasteiger partial charge < -0.3 is 14.4 Å². The fourth-order valence-electron chi connectivity index (χ4n) is 4.27. The maximum absolute atomic E-state index is 12.7. The largest absolute Gasteiger partial charge is 0.497 e. The third-order valence-electron chi connectivity index (χ3n) is 6.34. The van der Waals surface area contributed by atoms with Crippen molar-refractivity contribution in [2.75, 3.05) is 39.9 Å². The molecular weight excluding hydrogens is 474 g/mol. The van der Waals surface area contributed by atoms with Crippen LogP contribution in [0.2, 0.25) is 0 Å². The van der Waals surface area contributed by atoms with Crippen LogP contribution in [0.4, 0.5) is 0 Å². The quantitative estimate of drug-likeness (QED) is 0.215. The Hall–Kier alpha value is -4.08. The number of methoxy groups -OCH3 is 1. The molecule has 2 aromatic rings. The molecule has 1 saturated heterocycles. The van der Waals surface area contributed by atoms with E-state index in [9.17, 15) is 10.1 Å². The molecule has 1 aliphatic heterocycles. The zero-order chi connectivity index (χ0) is 27.3. The highest BCUT2D eigenvalue weighted by molar-refractivity contribution is 5.92. The average molecular weight is 512 g/mol. The monoisotopic (exact) mass is 511 g/mol. The molecule has 3 rings (SSSR count). The molecule has 0 N–H and O–H groups in total. The van der Waals surface area contributed by atoms with Crippen molar-refractivity contribution in [3.63, 3.8) is 0 Å². The third-order valence-corrected chi connectivity index (χ3v) is 6.34. The van der Waals surface area contributed by atoms with Gasteiger partial charge in [-0.2, -0.15) is 5.26 Å². The van der Waals surface area contributed by atoms with E-state index in [0.29, 0.717) is 24.4 Å². The average Bonchev–Trinajstić information content (AvgIpc) is 2.92. The number of Topliss-reactive ketones (excluding diaryl/α,β-unsaturated/α-hetero) is 1. The normalized spacial score (nSPS) is 14.8. The number of benzene rings is 2. The summed E-state index contributed by atoms with van der Waals surface area (Å²) in [6.45, 7) is 11.6. The molecule has 6 heteroatoms. The molecule has 0 radical (unpaired) electrons. The number of carbonyl (C=O) groups is 1. The Morgan fingerprint density at radius 3 is 2.34 bits per heavy atom. The Kier molecular flexibility index (Phi) is 11.0. The smallest absolute Gasteiger partial charge is 0.196 e. The summed E-state index contributed by atoms with van der Waals surface area (Å²) in [7, 11) is 1.65. The van der Waals surface area contributed by atoms with E-state index >= 15 is 0 Å². The van der Waals surface area contributed by atoms with Crippen molar-refractivity contribution >= 4 is 5.78 Å². The van der Waals surface area contributed by atoms with Gasteiger partial charge in [0.05, 0.1) is 31.0 Å². The number of ketones is 1. The van der Waals surface area contributed by atoms with E-state index in [1.54, 1.807) is 14.0 Å². The summed E-state index contributed by atoms with van der Waals surface area (Å²) in [5.74, 6) is 1.08. The first kappa shape index (κ1) is 28.5. The minimum atomic E-state index is -0.103. The van der Waals surface area contributed by atoms with E-state index in [0.717, 1.165) is 60.9 Å². The molecular formula is C32H37N3O3. The Morgan fingerprint density at radius 2 is 1.71 bits per heavy atom. The predicted octanol–water partition coefficient (Wildman–Crippen LogP) is 5.43. The number of carbonyl (C=O) groups excluding carboxylic acids is 1. The number of hydrogen-bond donors (Lipinski definition) is 0. The fraction of sp³-hybridized carbons (Fsp3) is 0.312. The van der Waals surface area contributed by atoms with Crippen molar-refractivity contribution in [2.24, 2.45) is 0 Å². The minimum absolute atomic E-state index is 0.103. The summed E-state index contributed by atoms with van der Waals surface area (Å²) in [5.41, 5.74) is 4.60. The van der Waals surface area contributed by atoms with Gasteiger partial charge in [-0.1, -0.05) is 60.7 Å². The van der Waals surface area contributed by atoms with Gasteiger partial charge in [0.2, 0.25) is 0 Å². The fourth-order valence-corrected chi connectivity index (χ4v) is 4.27. The summed E-state index contributed by atoms with van der Waals surface area (Å²) in [6.07, 6.45) is 8.40. The molecule has 6 nitrogen and oxygen atoms in total. The van der Waals surface area contributed by atoms with Crippen LogP contribution in [0.3, 0.4) is 0 Å². The van der Waals surface area contributed by atoms with Gasteiger partial charge in [-0.25, -0.2) is 0 Å². The molecule has 38 heavy (non-hydrogen) atoms. The number of nitrogens with zero attached hydrogens (tertiary/aromatic N) is 3. The highest BCUT2D eigenvalue weighted by atomic mass is 16.5. The first-order chi connectivity index (χ1) is 18.4. The second-order valence-corrected chi connectivity index (χ2v) is 9.31. The lowest BCUT2D eigenvalue weighted by Crippen LogP contribution is -2.45. The lowest BCUT2D eigenvalue weighted by atomic mass is 10.1. The highest BCUT2D eigenvalue weighted by Crippen LogP contribution is 2.20. The molecule has 0 spiro atoms. The minimum Gasteiger partial charge on any atom is -0.497 e. The van der Waals surface area contributed by atoms with Crippen LogP contribution in [0.25, 0.3) is 0 Å². The molecule has 0 unspecified atom stereocenters. The van der Waals surface area contributed by atoms with E-state index < -0.39 is 0 Å². The van der Waals surface area contributed by atoms with Crippen LogP contribution in [0.15, 0.2) is 96.4 Å². The maximum Gasteiger partial charge on any atom is 0.196 e. The molecule has 0 saturated carbocycles. The van der Waals surface area contributed by atoms with Crippen LogP contribution >= 0.6 is 0 Å². The lowest BCUT2D eigenvalue weighted by Gasteiger charge is -2.37. The molecule has 1 aliphatic rings. The van der Waals surface area contributed by atoms with Crippen LogP contribution in [-0.2, 0) is 22.5 Å². The van der Waals surface area contributed by atoms with Gasteiger partial charge in [-0.3, -0.25) is 9.69 Å². The Labute approximate surface area is 226 Å². The molecule has 0 amide bonds. The summed E-state index contributed by atoms with van der Waals surface area (Å²) in [4.78, 5) is 17.3. The molecule has 1 heterocycles. The van der Waals surface area contributed by atoms with Crippen LogP contribution in [-0.4, -0.2) is 55.5 Å². The van der Waals surface area contributed by atoms with E-state index in [1.165, 1.54) is 0 Å². The standard InChI is InChI=1S/C32H37N3O3/c1-25(2)9-5-8-12-31(32(26(3)36)38-22-17-27-13-15-30(37-4)16-14-27)35-20-18-34(19-21-35)24-29-11-7-6-10-28(29)23-33/h5-16H,1,17-22,24H2,2-4H3/b9-5+,12-8+,32-31-. The van der Waals surface area contributed by atoms with Gasteiger partial charge in [-0.15, -0.1) is 0 Å². The van der Waals surface area contributed by atoms with E-state index in [1.807, 2.05) is 79.8 Å². The van der Waals surface area contributed by atoms with Gasteiger partial charge >= 0.3 is 0 Å². The van der Waals surface area contributed by atoms with E-state index in [2.05, 4.69) is 22.4 Å². The molecule has 1 fully saturated rings. The highest BCUT2D eigenvalue weighted by Gasteiger charge is 2.23. The summed E-state index contributed by atoms with van der Waals surface area (Å²) in [5, 5.41) is 9.43. The summed E-state index contributed by atoms with van der Waals surface area (Å²) in [6, 6.07) is 17.9. The van der Waals surface area contributed by atoms with Gasteiger partial charge in [0.25, 0.3) is 0 Å².